The van der Waals surface area contributed by atoms with E-state index in [9.17, 15) is 4.79 Å². The van der Waals surface area contributed by atoms with E-state index in [2.05, 4.69) is 17.5 Å². The molecule has 5 heteroatoms. The lowest BCUT2D eigenvalue weighted by Gasteiger charge is -2.36. The molecule has 1 aliphatic heterocycles. The van der Waals surface area contributed by atoms with E-state index in [1.54, 1.807) is 0 Å². The van der Waals surface area contributed by atoms with Crippen molar-refractivity contribution in [2.75, 3.05) is 6.54 Å². The van der Waals surface area contributed by atoms with Crippen LogP contribution in [0.1, 0.15) is 32.1 Å². The topological polar surface area (TPSA) is 66.6 Å². The number of aliphatic carboxylic acids is 1. The Labute approximate surface area is 89.9 Å². The van der Waals surface area contributed by atoms with Crippen molar-refractivity contribution < 1.29 is 9.90 Å². The number of nitrogens with two attached hydrogens (primary N) is 1. The normalized spacial score (nSPS) is 26.0. The molecule has 0 amide bonds. The Morgan fingerprint density at radius 2 is 2.36 bits per heavy atom. The molecule has 1 fully saturated rings. The monoisotopic (exact) mass is 218 g/mol. The van der Waals surface area contributed by atoms with Crippen molar-refractivity contribution in [1.29, 1.82) is 0 Å². The summed E-state index contributed by atoms with van der Waals surface area (Å²) in [5.41, 5.74) is 5.90. The zero-order valence-corrected chi connectivity index (χ0v) is 9.12. The number of rotatable bonds is 4. The first kappa shape index (κ1) is 11.8. The Hall–Kier alpha value is -0.260. The molecular weight excluding hydrogens is 200 g/mol. The molecule has 1 heterocycles. The van der Waals surface area contributed by atoms with Gasteiger partial charge in [-0.15, -0.1) is 0 Å². The molecule has 0 aliphatic carbocycles. The van der Waals surface area contributed by atoms with Gasteiger partial charge in [0.25, 0.3) is 0 Å². The molecule has 0 bridgehead atoms. The maximum absolute atomic E-state index is 10.4. The fourth-order valence-electron chi connectivity index (χ4n) is 1.76. The number of carboxylic acids is 1. The fraction of sp³-hybridized carbons (Fsp3) is 0.889. The highest BCUT2D eigenvalue weighted by atomic mass is 32.1. The molecule has 0 aromatic heterocycles. The lowest BCUT2D eigenvalue weighted by Crippen LogP contribution is -2.48. The first-order valence-electron chi connectivity index (χ1n) is 5.02. The van der Waals surface area contributed by atoms with Crippen molar-refractivity contribution in [3.63, 3.8) is 0 Å². The molecule has 0 aromatic rings. The minimum absolute atomic E-state index is 0.137. The van der Waals surface area contributed by atoms with Gasteiger partial charge < -0.3 is 10.8 Å². The average molecular weight is 218 g/mol. The van der Waals surface area contributed by atoms with Crippen LogP contribution >= 0.6 is 12.6 Å². The molecule has 1 rings (SSSR count). The molecular formula is C9H18N2O2S. The van der Waals surface area contributed by atoms with Gasteiger partial charge in [0, 0.05) is 13.0 Å². The Morgan fingerprint density at radius 3 is 2.93 bits per heavy atom. The van der Waals surface area contributed by atoms with E-state index in [-0.39, 0.29) is 18.0 Å². The SMILES string of the molecule is NC(CCC(=O)O)N1CCCCC1S. The predicted octanol–water partition coefficient (Wildman–Crippen LogP) is 0.878. The summed E-state index contributed by atoms with van der Waals surface area (Å²) in [5.74, 6) is -0.784. The van der Waals surface area contributed by atoms with Gasteiger partial charge in [0.05, 0.1) is 11.5 Å². The second-order valence-corrected chi connectivity index (χ2v) is 4.31. The summed E-state index contributed by atoms with van der Waals surface area (Å²) in [6.07, 6.45) is 3.86. The number of likely N-dealkylation sites (tertiary alicyclic amines) is 1. The highest BCUT2D eigenvalue weighted by Gasteiger charge is 2.24. The number of carboxylic acid groups (broad SMARTS) is 1. The van der Waals surface area contributed by atoms with Crippen molar-refractivity contribution in [3.8, 4) is 0 Å². The number of nitrogens with zero attached hydrogens (tertiary/aromatic N) is 1. The van der Waals surface area contributed by atoms with Gasteiger partial charge in [0.1, 0.15) is 0 Å². The van der Waals surface area contributed by atoms with Gasteiger partial charge in [0.2, 0.25) is 0 Å². The fourth-order valence-corrected chi connectivity index (χ4v) is 2.23. The lowest BCUT2D eigenvalue weighted by molar-refractivity contribution is -0.137. The van der Waals surface area contributed by atoms with E-state index in [1.807, 2.05) is 0 Å². The van der Waals surface area contributed by atoms with E-state index in [4.69, 9.17) is 10.8 Å². The number of piperidine rings is 1. The van der Waals surface area contributed by atoms with E-state index >= 15 is 0 Å². The van der Waals surface area contributed by atoms with Crippen LogP contribution in [0.5, 0.6) is 0 Å². The van der Waals surface area contributed by atoms with E-state index in [0.29, 0.717) is 6.42 Å². The largest absolute Gasteiger partial charge is 0.481 e. The maximum Gasteiger partial charge on any atom is 0.303 e. The predicted molar refractivity (Wildman–Crippen MR) is 58.2 cm³/mol. The van der Waals surface area contributed by atoms with Gasteiger partial charge in [-0.1, -0.05) is 0 Å². The third-order valence-corrected chi connectivity index (χ3v) is 3.15. The Kier molecular flexibility index (Phi) is 4.71. The number of thiol groups is 1. The minimum atomic E-state index is -0.784. The highest BCUT2D eigenvalue weighted by molar-refractivity contribution is 7.80. The summed E-state index contributed by atoms with van der Waals surface area (Å²) in [5, 5.41) is 8.73. The molecule has 2 atom stereocenters. The van der Waals surface area contributed by atoms with Gasteiger partial charge >= 0.3 is 5.97 Å². The first-order chi connectivity index (χ1) is 6.61. The molecule has 1 aliphatic rings. The summed E-state index contributed by atoms with van der Waals surface area (Å²) in [7, 11) is 0. The van der Waals surface area contributed by atoms with Crippen LogP contribution in [-0.2, 0) is 4.79 Å². The second-order valence-electron chi connectivity index (χ2n) is 3.71. The van der Waals surface area contributed by atoms with Gasteiger partial charge in [0.15, 0.2) is 0 Å². The lowest BCUT2D eigenvalue weighted by atomic mass is 10.1. The number of hydrogen-bond acceptors (Lipinski definition) is 4. The van der Waals surface area contributed by atoms with E-state index in [1.165, 1.54) is 6.42 Å². The van der Waals surface area contributed by atoms with Crippen molar-refractivity contribution in [1.82, 2.24) is 4.90 Å². The molecule has 0 saturated carbocycles. The van der Waals surface area contributed by atoms with Gasteiger partial charge in [-0.3, -0.25) is 9.69 Å². The quantitative estimate of drug-likeness (QED) is 0.613. The van der Waals surface area contributed by atoms with Crippen LogP contribution < -0.4 is 5.73 Å². The van der Waals surface area contributed by atoms with Gasteiger partial charge in [-0.25, -0.2) is 0 Å². The standard InChI is InChI=1S/C9H18N2O2S/c10-7(4-5-9(12)13)11-6-2-1-3-8(11)14/h7-8,14H,1-6,10H2,(H,12,13). The summed E-state index contributed by atoms with van der Waals surface area (Å²) < 4.78 is 0. The average Bonchev–Trinajstić information content (AvgIpc) is 2.15. The van der Waals surface area contributed by atoms with Crippen molar-refractivity contribution in [2.45, 2.75) is 43.6 Å². The molecule has 2 unspecified atom stereocenters. The molecule has 82 valence electrons. The smallest absolute Gasteiger partial charge is 0.303 e. The van der Waals surface area contributed by atoms with E-state index < -0.39 is 5.97 Å². The molecule has 0 spiro atoms. The van der Waals surface area contributed by atoms with Gasteiger partial charge in [-0.2, -0.15) is 12.6 Å². The molecule has 0 radical (unpaired) electrons. The second kappa shape index (κ2) is 5.58. The van der Waals surface area contributed by atoms with Gasteiger partial charge in [-0.05, 0) is 25.7 Å². The Bertz CT molecular complexity index is 201. The van der Waals surface area contributed by atoms with Crippen molar-refractivity contribution >= 4 is 18.6 Å². The zero-order chi connectivity index (χ0) is 10.6. The summed E-state index contributed by atoms with van der Waals surface area (Å²) in [4.78, 5) is 12.5. The molecule has 3 N–H and O–H groups in total. The molecule has 1 saturated heterocycles. The number of hydrogen-bond donors (Lipinski definition) is 3. The Balaban J connectivity index is 2.34. The van der Waals surface area contributed by atoms with Crippen LogP contribution in [0.2, 0.25) is 0 Å². The third-order valence-electron chi connectivity index (χ3n) is 2.59. The zero-order valence-electron chi connectivity index (χ0n) is 8.22. The number of carbonyl (C=O) groups is 1. The molecule has 0 aromatic carbocycles. The van der Waals surface area contributed by atoms with Crippen molar-refractivity contribution in [3.05, 3.63) is 0 Å². The van der Waals surface area contributed by atoms with Crippen LogP contribution in [0.25, 0.3) is 0 Å². The molecule has 4 nitrogen and oxygen atoms in total. The highest BCUT2D eigenvalue weighted by Crippen LogP contribution is 2.21. The molecule has 14 heavy (non-hydrogen) atoms. The van der Waals surface area contributed by atoms with Crippen molar-refractivity contribution in [2.24, 2.45) is 5.73 Å². The summed E-state index contributed by atoms with van der Waals surface area (Å²) in [6.45, 7) is 0.939. The third kappa shape index (κ3) is 3.48. The summed E-state index contributed by atoms with van der Waals surface area (Å²) >= 11 is 4.44. The maximum atomic E-state index is 10.4. The van der Waals surface area contributed by atoms with Crippen LogP contribution in [0.4, 0.5) is 0 Å². The van der Waals surface area contributed by atoms with Crippen LogP contribution in [0, 0.1) is 0 Å². The first-order valence-corrected chi connectivity index (χ1v) is 5.54. The van der Waals surface area contributed by atoms with Crippen LogP contribution in [0.3, 0.4) is 0 Å². The Morgan fingerprint density at radius 1 is 1.64 bits per heavy atom. The minimum Gasteiger partial charge on any atom is -0.481 e. The van der Waals surface area contributed by atoms with E-state index in [0.717, 1.165) is 19.4 Å². The van der Waals surface area contributed by atoms with Crippen LogP contribution in [0.15, 0.2) is 0 Å². The van der Waals surface area contributed by atoms with Crippen LogP contribution in [-0.4, -0.2) is 34.1 Å². The summed E-state index contributed by atoms with van der Waals surface area (Å²) in [6, 6.07) is 0.